The Morgan fingerprint density at radius 1 is 1.22 bits per heavy atom. The highest BCUT2D eigenvalue weighted by Crippen LogP contribution is 2.12. The number of likely N-dealkylation sites (N-methyl/N-ethyl adjacent to an activating group) is 2. The second-order valence-electron chi connectivity index (χ2n) is 5.06. The molecule has 1 unspecified atom stereocenters. The molecule has 0 saturated carbocycles. The van der Waals surface area contributed by atoms with Crippen LogP contribution >= 0.6 is 0 Å². The fourth-order valence-corrected chi connectivity index (χ4v) is 1.90. The molecule has 2 N–H and O–H groups in total. The summed E-state index contributed by atoms with van der Waals surface area (Å²) in [5, 5.41) is 12.5. The van der Waals surface area contributed by atoms with Crippen molar-refractivity contribution in [3.8, 4) is 0 Å². The summed E-state index contributed by atoms with van der Waals surface area (Å²) in [6.45, 7) is 11.3. The lowest BCUT2D eigenvalue weighted by Gasteiger charge is -2.27. The number of hydrogen-bond acceptors (Lipinski definition) is 4. The van der Waals surface area contributed by atoms with Crippen LogP contribution in [0.2, 0.25) is 0 Å². The largest absolute Gasteiger partial charge is 0.394 e. The van der Waals surface area contributed by atoms with Crippen LogP contribution in [-0.2, 0) is 4.74 Å². The Bertz CT molecular complexity index is 185. The molecule has 0 radical (unpaired) electrons. The molecule has 0 aliphatic rings. The average Bonchev–Trinajstić information content (AvgIpc) is 2.41. The van der Waals surface area contributed by atoms with Gasteiger partial charge >= 0.3 is 0 Å². The van der Waals surface area contributed by atoms with E-state index in [4.69, 9.17) is 4.74 Å². The lowest BCUT2D eigenvalue weighted by Crippen LogP contribution is -2.43. The maximum absolute atomic E-state index is 9.29. The molecule has 0 heterocycles. The fourth-order valence-electron chi connectivity index (χ4n) is 1.90. The monoisotopic (exact) mass is 260 g/mol. The van der Waals surface area contributed by atoms with Gasteiger partial charge in [0.2, 0.25) is 0 Å². The van der Waals surface area contributed by atoms with Gasteiger partial charge in [0.25, 0.3) is 0 Å². The van der Waals surface area contributed by atoms with Crippen molar-refractivity contribution in [2.75, 3.05) is 46.5 Å². The molecular weight excluding hydrogens is 228 g/mol. The minimum atomic E-state index is -0.123. The van der Waals surface area contributed by atoms with Crippen LogP contribution in [0.5, 0.6) is 0 Å². The lowest BCUT2D eigenvalue weighted by molar-refractivity contribution is 0.113. The Labute approximate surface area is 113 Å². The first-order valence-electron chi connectivity index (χ1n) is 7.21. The molecule has 4 heteroatoms. The molecule has 0 bridgehead atoms. The van der Waals surface area contributed by atoms with Crippen molar-refractivity contribution in [2.45, 2.75) is 45.6 Å². The smallest absolute Gasteiger partial charge is 0.0610 e. The van der Waals surface area contributed by atoms with E-state index in [1.165, 1.54) is 6.42 Å². The van der Waals surface area contributed by atoms with Crippen LogP contribution in [0.3, 0.4) is 0 Å². The molecule has 0 amide bonds. The number of nitrogens with zero attached hydrogens (tertiary/aromatic N) is 1. The van der Waals surface area contributed by atoms with E-state index in [9.17, 15) is 5.11 Å². The van der Waals surface area contributed by atoms with Gasteiger partial charge in [0.15, 0.2) is 0 Å². The van der Waals surface area contributed by atoms with Gasteiger partial charge in [0.1, 0.15) is 0 Å². The van der Waals surface area contributed by atoms with Gasteiger partial charge in [-0.15, -0.1) is 0 Å². The third kappa shape index (κ3) is 8.03. The molecule has 0 aromatic rings. The van der Waals surface area contributed by atoms with E-state index in [-0.39, 0.29) is 12.1 Å². The number of unbranched alkanes of at least 4 members (excludes halogenated alkanes) is 1. The number of nitrogens with one attached hydrogen (secondary N) is 1. The van der Waals surface area contributed by atoms with E-state index in [1.54, 1.807) is 0 Å². The average molecular weight is 260 g/mol. The molecule has 0 spiro atoms. The molecular formula is C14H32N2O2. The highest BCUT2D eigenvalue weighted by atomic mass is 16.5. The zero-order valence-corrected chi connectivity index (χ0v) is 12.7. The predicted octanol–water partition coefficient (Wildman–Crippen LogP) is 1.49. The van der Waals surface area contributed by atoms with Gasteiger partial charge in [-0.25, -0.2) is 0 Å². The van der Waals surface area contributed by atoms with Crippen molar-refractivity contribution in [1.29, 1.82) is 0 Å². The van der Waals surface area contributed by atoms with E-state index in [1.807, 2.05) is 14.0 Å². The van der Waals surface area contributed by atoms with Crippen LogP contribution in [0.25, 0.3) is 0 Å². The Hall–Kier alpha value is -0.160. The quantitative estimate of drug-likeness (QED) is 0.522. The third-order valence-electron chi connectivity index (χ3n) is 3.61. The second-order valence-corrected chi connectivity index (χ2v) is 5.06. The van der Waals surface area contributed by atoms with E-state index in [0.717, 1.165) is 45.7 Å². The minimum absolute atomic E-state index is 0.123. The standard InChI is InChI=1S/C14H32N2O2/c1-5-16(11-12-18-6-2)10-8-7-9-14(3,13-17)15-4/h15,17H,5-13H2,1-4H3. The first-order valence-corrected chi connectivity index (χ1v) is 7.21. The maximum Gasteiger partial charge on any atom is 0.0610 e. The normalized spacial score (nSPS) is 15.0. The van der Waals surface area contributed by atoms with Crippen LogP contribution in [0.4, 0.5) is 0 Å². The van der Waals surface area contributed by atoms with Gasteiger partial charge in [0, 0.05) is 18.7 Å². The van der Waals surface area contributed by atoms with Crippen molar-refractivity contribution in [3.63, 3.8) is 0 Å². The summed E-state index contributed by atoms with van der Waals surface area (Å²) in [7, 11) is 1.91. The van der Waals surface area contributed by atoms with Crippen molar-refractivity contribution >= 4 is 0 Å². The van der Waals surface area contributed by atoms with Gasteiger partial charge in [-0.05, 0) is 46.8 Å². The lowest BCUT2D eigenvalue weighted by atomic mass is 9.96. The Balaban J connectivity index is 3.67. The highest BCUT2D eigenvalue weighted by molar-refractivity contribution is 4.80. The second kappa shape index (κ2) is 10.7. The summed E-state index contributed by atoms with van der Waals surface area (Å²) >= 11 is 0. The van der Waals surface area contributed by atoms with Gasteiger partial charge in [-0.1, -0.05) is 13.3 Å². The Morgan fingerprint density at radius 3 is 2.44 bits per heavy atom. The molecule has 4 nitrogen and oxygen atoms in total. The molecule has 0 aliphatic carbocycles. The molecule has 0 aromatic heterocycles. The molecule has 0 aliphatic heterocycles. The van der Waals surface area contributed by atoms with Crippen molar-refractivity contribution in [3.05, 3.63) is 0 Å². The summed E-state index contributed by atoms with van der Waals surface area (Å²) in [5.74, 6) is 0. The van der Waals surface area contributed by atoms with Gasteiger partial charge in [0.05, 0.1) is 13.2 Å². The molecule has 0 rings (SSSR count). The zero-order valence-electron chi connectivity index (χ0n) is 12.7. The molecule has 1 atom stereocenters. The van der Waals surface area contributed by atoms with Crippen molar-refractivity contribution < 1.29 is 9.84 Å². The predicted molar refractivity (Wildman–Crippen MR) is 77.0 cm³/mol. The van der Waals surface area contributed by atoms with Gasteiger partial charge in [-0.3, -0.25) is 0 Å². The number of ether oxygens (including phenoxy) is 1. The SMILES string of the molecule is CCOCCN(CC)CCCCC(C)(CO)NC. The fraction of sp³-hybridized carbons (Fsp3) is 1.00. The molecule has 110 valence electrons. The van der Waals surface area contributed by atoms with E-state index in [0.29, 0.717) is 0 Å². The van der Waals surface area contributed by atoms with Gasteiger partial charge in [-0.2, -0.15) is 0 Å². The zero-order chi connectivity index (χ0) is 13.9. The van der Waals surface area contributed by atoms with Crippen molar-refractivity contribution in [1.82, 2.24) is 10.2 Å². The van der Waals surface area contributed by atoms with Crippen molar-refractivity contribution in [2.24, 2.45) is 0 Å². The van der Waals surface area contributed by atoms with E-state index in [2.05, 4.69) is 24.1 Å². The van der Waals surface area contributed by atoms with Crippen LogP contribution in [0.1, 0.15) is 40.0 Å². The van der Waals surface area contributed by atoms with Crippen LogP contribution in [0, 0.1) is 0 Å². The van der Waals surface area contributed by atoms with E-state index >= 15 is 0 Å². The summed E-state index contributed by atoms with van der Waals surface area (Å²) in [6.07, 6.45) is 3.34. The number of hydrogen-bond donors (Lipinski definition) is 2. The summed E-state index contributed by atoms with van der Waals surface area (Å²) < 4.78 is 5.38. The maximum atomic E-state index is 9.29. The first kappa shape index (κ1) is 17.8. The van der Waals surface area contributed by atoms with Crippen LogP contribution in [0.15, 0.2) is 0 Å². The Kier molecular flexibility index (Phi) is 10.6. The number of rotatable bonds is 12. The summed E-state index contributed by atoms with van der Waals surface area (Å²) in [6, 6.07) is 0. The van der Waals surface area contributed by atoms with Crippen LogP contribution in [-0.4, -0.2) is 62.0 Å². The highest BCUT2D eigenvalue weighted by Gasteiger charge is 2.19. The summed E-state index contributed by atoms with van der Waals surface area (Å²) in [4.78, 5) is 2.42. The first-order chi connectivity index (χ1) is 8.61. The molecule has 0 aromatic carbocycles. The minimum Gasteiger partial charge on any atom is -0.394 e. The molecule has 0 fully saturated rings. The number of aliphatic hydroxyl groups excluding tert-OH is 1. The number of aliphatic hydroxyl groups is 1. The molecule has 0 saturated heterocycles. The van der Waals surface area contributed by atoms with Crippen LogP contribution < -0.4 is 5.32 Å². The van der Waals surface area contributed by atoms with Gasteiger partial charge < -0.3 is 20.1 Å². The summed E-state index contributed by atoms with van der Waals surface area (Å²) in [5.41, 5.74) is -0.123. The van der Waals surface area contributed by atoms with E-state index < -0.39 is 0 Å². The third-order valence-corrected chi connectivity index (χ3v) is 3.61. The molecule has 18 heavy (non-hydrogen) atoms. The Morgan fingerprint density at radius 2 is 1.94 bits per heavy atom. The topological polar surface area (TPSA) is 44.7 Å².